The maximum absolute atomic E-state index is 13.7. The third kappa shape index (κ3) is 8.65. The second-order valence-electron chi connectivity index (χ2n) is 11.2. The minimum absolute atomic E-state index is 0.0531. The molecule has 0 saturated carbocycles. The largest absolute Gasteiger partial charge is 0.344 e. The van der Waals surface area contributed by atoms with E-state index in [9.17, 15) is 19.6 Å². The molecule has 3 atom stereocenters. The number of hydrogen-bond donors (Lipinski definition) is 3. The van der Waals surface area contributed by atoms with E-state index >= 15 is 0 Å². The number of hydroxylamine groups is 1. The molecule has 3 rings (SSSR count). The third-order valence-corrected chi connectivity index (χ3v) is 7.78. The number of carbonyl (C=O) groups is 3. The van der Waals surface area contributed by atoms with Crippen LogP contribution in [0.4, 0.5) is 0 Å². The zero-order chi connectivity index (χ0) is 28.2. The Bertz CT molecular complexity index is 1000. The van der Waals surface area contributed by atoms with Crippen LogP contribution in [-0.4, -0.2) is 47.0 Å². The van der Waals surface area contributed by atoms with Crippen molar-refractivity contribution in [1.29, 1.82) is 0 Å². The number of likely N-dealkylation sites (tertiary alicyclic amines) is 1. The SMILES string of the molecule is CCC[C@H](C(=O)NO)[C@H](CC(C)C)C(=O)N[C@H]1CCCCN(CCC(c2ccccc2)c2ccccc2)C1=O. The predicted octanol–water partition coefficient (Wildman–Crippen LogP) is 5.29. The molecule has 2 aromatic carbocycles. The van der Waals surface area contributed by atoms with Crippen LogP contribution in [0.1, 0.15) is 82.8 Å². The van der Waals surface area contributed by atoms with Gasteiger partial charge in [0.25, 0.3) is 0 Å². The fraction of sp³-hybridized carbons (Fsp3) is 0.531. The molecule has 212 valence electrons. The van der Waals surface area contributed by atoms with E-state index in [0.29, 0.717) is 38.8 Å². The van der Waals surface area contributed by atoms with Crippen molar-refractivity contribution in [2.75, 3.05) is 13.1 Å². The van der Waals surface area contributed by atoms with E-state index in [0.717, 1.165) is 19.3 Å². The molecular weight excluding hydrogens is 490 g/mol. The van der Waals surface area contributed by atoms with Crippen LogP contribution in [-0.2, 0) is 14.4 Å². The van der Waals surface area contributed by atoms with Crippen LogP contribution in [0.5, 0.6) is 0 Å². The molecule has 39 heavy (non-hydrogen) atoms. The fourth-order valence-corrected chi connectivity index (χ4v) is 5.79. The smallest absolute Gasteiger partial charge is 0.247 e. The van der Waals surface area contributed by atoms with Crippen molar-refractivity contribution in [2.45, 2.75) is 77.7 Å². The molecule has 0 radical (unpaired) electrons. The first-order valence-corrected chi connectivity index (χ1v) is 14.5. The Morgan fingerprint density at radius 3 is 2.08 bits per heavy atom. The van der Waals surface area contributed by atoms with Crippen LogP contribution in [0.2, 0.25) is 0 Å². The summed E-state index contributed by atoms with van der Waals surface area (Å²) in [5.74, 6) is -1.78. The Hall–Kier alpha value is -3.19. The zero-order valence-electron chi connectivity index (χ0n) is 23.6. The summed E-state index contributed by atoms with van der Waals surface area (Å²) in [4.78, 5) is 41.6. The monoisotopic (exact) mass is 535 g/mol. The summed E-state index contributed by atoms with van der Waals surface area (Å²) in [5, 5.41) is 12.3. The first kappa shape index (κ1) is 30.4. The molecule has 1 aliphatic rings. The molecule has 7 nitrogen and oxygen atoms in total. The van der Waals surface area contributed by atoms with E-state index < -0.39 is 23.8 Å². The minimum Gasteiger partial charge on any atom is -0.344 e. The van der Waals surface area contributed by atoms with Gasteiger partial charge in [-0.1, -0.05) is 87.9 Å². The fourth-order valence-electron chi connectivity index (χ4n) is 5.79. The quantitative estimate of drug-likeness (QED) is 0.240. The van der Waals surface area contributed by atoms with Crippen molar-refractivity contribution in [2.24, 2.45) is 17.8 Å². The van der Waals surface area contributed by atoms with E-state index in [1.807, 2.05) is 62.1 Å². The lowest BCUT2D eigenvalue weighted by Crippen LogP contribution is -2.51. The number of hydrogen-bond acceptors (Lipinski definition) is 4. The first-order chi connectivity index (χ1) is 18.8. The van der Waals surface area contributed by atoms with Crippen molar-refractivity contribution in [3.8, 4) is 0 Å². The number of amides is 3. The lowest BCUT2D eigenvalue weighted by molar-refractivity contribution is -0.143. The van der Waals surface area contributed by atoms with Gasteiger partial charge in [0.05, 0.1) is 5.92 Å². The van der Waals surface area contributed by atoms with Crippen molar-refractivity contribution in [1.82, 2.24) is 15.7 Å². The summed E-state index contributed by atoms with van der Waals surface area (Å²) >= 11 is 0. The van der Waals surface area contributed by atoms with Crippen LogP contribution in [0, 0.1) is 17.8 Å². The second-order valence-corrected chi connectivity index (χ2v) is 11.2. The van der Waals surface area contributed by atoms with E-state index in [-0.39, 0.29) is 23.7 Å². The van der Waals surface area contributed by atoms with E-state index in [1.165, 1.54) is 11.1 Å². The molecule has 1 heterocycles. The molecule has 7 heteroatoms. The number of nitrogens with one attached hydrogen (secondary N) is 2. The summed E-state index contributed by atoms with van der Waals surface area (Å²) in [6.07, 6.45) is 4.80. The van der Waals surface area contributed by atoms with Gasteiger partial charge in [-0.25, -0.2) is 5.48 Å². The molecule has 0 bridgehead atoms. The lowest BCUT2D eigenvalue weighted by Gasteiger charge is -2.30. The first-order valence-electron chi connectivity index (χ1n) is 14.5. The average Bonchev–Trinajstić information content (AvgIpc) is 3.12. The molecule has 3 amide bonds. The number of carbonyl (C=O) groups excluding carboxylic acids is 3. The van der Waals surface area contributed by atoms with Crippen LogP contribution in [0.25, 0.3) is 0 Å². The number of benzene rings is 2. The van der Waals surface area contributed by atoms with Gasteiger partial charge in [-0.3, -0.25) is 19.6 Å². The topological polar surface area (TPSA) is 98.7 Å². The van der Waals surface area contributed by atoms with E-state index in [1.54, 1.807) is 5.48 Å². The summed E-state index contributed by atoms with van der Waals surface area (Å²) in [6, 6.07) is 20.1. The normalized spacial score (nSPS) is 17.5. The zero-order valence-corrected chi connectivity index (χ0v) is 23.6. The summed E-state index contributed by atoms with van der Waals surface area (Å²) in [5.41, 5.74) is 4.19. The highest BCUT2D eigenvalue weighted by Gasteiger charge is 2.36. The van der Waals surface area contributed by atoms with Gasteiger partial charge in [-0.05, 0) is 55.6 Å². The summed E-state index contributed by atoms with van der Waals surface area (Å²) < 4.78 is 0. The third-order valence-electron chi connectivity index (χ3n) is 7.78. The van der Waals surface area contributed by atoms with Gasteiger partial charge in [0.2, 0.25) is 17.7 Å². The Morgan fingerprint density at radius 1 is 0.923 bits per heavy atom. The molecule has 0 spiro atoms. The summed E-state index contributed by atoms with van der Waals surface area (Å²) in [7, 11) is 0. The molecule has 1 aliphatic heterocycles. The minimum atomic E-state index is -0.642. The number of rotatable bonds is 13. The Kier molecular flexibility index (Phi) is 12.0. The van der Waals surface area contributed by atoms with Gasteiger partial charge in [0.15, 0.2) is 0 Å². The van der Waals surface area contributed by atoms with Gasteiger partial charge in [0, 0.05) is 24.9 Å². The van der Waals surface area contributed by atoms with E-state index in [4.69, 9.17) is 0 Å². The molecule has 0 aromatic heterocycles. The van der Waals surface area contributed by atoms with Crippen LogP contribution < -0.4 is 10.8 Å². The van der Waals surface area contributed by atoms with Gasteiger partial charge in [-0.2, -0.15) is 0 Å². The molecule has 0 unspecified atom stereocenters. The highest BCUT2D eigenvalue weighted by atomic mass is 16.5. The second kappa shape index (κ2) is 15.4. The Morgan fingerprint density at radius 2 is 1.54 bits per heavy atom. The predicted molar refractivity (Wildman–Crippen MR) is 153 cm³/mol. The van der Waals surface area contributed by atoms with E-state index in [2.05, 4.69) is 29.6 Å². The molecular formula is C32H45N3O4. The van der Waals surface area contributed by atoms with Crippen molar-refractivity contribution < 1.29 is 19.6 Å². The molecule has 1 saturated heterocycles. The van der Waals surface area contributed by atoms with Gasteiger partial charge >= 0.3 is 0 Å². The Balaban J connectivity index is 1.74. The van der Waals surface area contributed by atoms with Gasteiger partial charge in [-0.15, -0.1) is 0 Å². The number of nitrogens with zero attached hydrogens (tertiary/aromatic N) is 1. The van der Waals surface area contributed by atoms with Crippen LogP contribution in [0.15, 0.2) is 60.7 Å². The maximum Gasteiger partial charge on any atom is 0.247 e. The maximum atomic E-state index is 13.7. The molecule has 3 N–H and O–H groups in total. The Labute approximate surface area is 233 Å². The standard InChI is InChI=1S/C32H45N3O4/c1-4-13-27(31(37)34-39)28(22-23(2)3)30(36)33-29-18-11-12-20-35(32(29)38)21-19-26(24-14-7-5-8-15-24)25-16-9-6-10-17-25/h5-10,14-17,23,26-29,39H,4,11-13,18-22H2,1-3H3,(H,33,36)(H,34,37)/t27-,28-,29-/m0/s1. The van der Waals surface area contributed by atoms with Crippen molar-refractivity contribution in [3.05, 3.63) is 71.8 Å². The summed E-state index contributed by atoms with van der Waals surface area (Å²) in [6.45, 7) is 7.23. The lowest BCUT2D eigenvalue weighted by atomic mass is 9.81. The highest BCUT2D eigenvalue weighted by Crippen LogP contribution is 2.29. The van der Waals surface area contributed by atoms with Gasteiger partial charge in [0.1, 0.15) is 6.04 Å². The van der Waals surface area contributed by atoms with Crippen molar-refractivity contribution in [3.63, 3.8) is 0 Å². The van der Waals surface area contributed by atoms with Crippen LogP contribution in [0.3, 0.4) is 0 Å². The molecule has 2 aromatic rings. The average molecular weight is 536 g/mol. The molecule has 0 aliphatic carbocycles. The van der Waals surface area contributed by atoms with Crippen molar-refractivity contribution >= 4 is 17.7 Å². The van der Waals surface area contributed by atoms with Gasteiger partial charge < -0.3 is 10.2 Å². The molecule has 1 fully saturated rings. The van der Waals surface area contributed by atoms with Crippen LogP contribution >= 0.6 is 0 Å². The highest BCUT2D eigenvalue weighted by molar-refractivity contribution is 5.91.